The molecular formula is C17H32N6O. The molecule has 7 heteroatoms. The van der Waals surface area contributed by atoms with Crippen molar-refractivity contribution in [2.45, 2.75) is 71.1 Å². The number of aliphatic imine (C=N–C) groups is 1. The van der Waals surface area contributed by atoms with Crippen LogP contribution in [0.3, 0.4) is 0 Å². The van der Waals surface area contributed by atoms with E-state index in [0.29, 0.717) is 19.1 Å². The van der Waals surface area contributed by atoms with Crippen LogP contribution in [-0.2, 0) is 18.3 Å². The van der Waals surface area contributed by atoms with E-state index in [0.717, 1.165) is 17.6 Å². The molecule has 2 rings (SSSR count). The van der Waals surface area contributed by atoms with E-state index in [9.17, 15) is 0 Å². The molecule has 0 aliphatic heterocycles. The Bertz CT molecular complexity index is 545. The number of aromatic nitrogens is 3. The van der Waals surface area contributed by atoms with Crippen molar-refractivity contribution in [3.8, 4) is 0 Å². The summed E-state index contributed by atoms with van der Waals surface area (Å²) in [5, 5.41) is 15.3. The predicted octanol–water partition coefficient (Wildman–Crippen LogP) is 1.92. The number of guanidine groups is 1. The lowest BCUT2D eigenvalue weighted by Gasteiger charge is -2.28. The first-order valence-electron chi connectivity index (χ1n) is 8.86. The van der Waals surface area contributed by atoms with Gasteiger partial charge in [0.05, 0.1) is 5.60 Å². The van der Waals surface area contributed by atoms with Gasteiger partial charge in [-0.25, -0.2) is 4.99 Å². The predicted molar refractivity (Wildman–Crippen MR) is 96.0 cm³/mol. The van der Waals surface area contributed by atoms with Gasteiger partial charge < -0.3 is 19.9 Å². The maximum atomic E-state index is 5.49. The Morgan fingerprint density at radius 2 is 2.00 bits per heavy atom. The van der Waals surface area contributed by atoms with Crippen molar-refractivity contribution in [3.63, 3.8) is 0 Å². The minimum atomic E-state index is -0.240. The summed E-state index contributed by atoms with van der Waals surface area (Å²) in [4.78, 5) is 4.72. The molecule has 1 heterocycles. The molecule has 1 aliphatic carbocycles. The van der Waals surface area contributed by atoms with Gasteiger partial charge >= 0.3 is 0 Å². The minimum Gasteiger partial charge on any atom is -0.377 e. The molecule has 0 unspecified atom stereocenters. The fraction of sp³-hybridized carbons (Fsp3) is 0.824. The summed E-state index contributed by atoms with van der Waals surface area (Å²) in [5.74, 6) is 2.59. The van der Waals surface area contributed by atoms with E-state index >= 15 is 0 Å². The van der Waals surface area contributed by atoms with Gasteiger partial charge in [0, 0.05) is 26.7 Å². The summed E-state index contributed by atoms with van der Waals surface area (Å²) >= 11 is 0. The fourth-order valence-corrected chi connectivity index (χ4v) is 2.70. The first-order valence-corrected chi connectivity index (χ1v) is 8.86. The zero-order chi connectivity index (χ0) is 17.6. The second kappa shape index (κ2) is 8.46. The molecule has 0 aromatic carbocycles. The standard InChI is InChI=1S/C17H32N6O/c1-13-21-22-15(23(13)4)11-18-16(19-12-17(2,3)24-5)20-14-9-7-6-8-10-14/h14H,6-12H2,1-5H3,(H2,18,19,20). The van der Waals surface area contributed by atoms with Crippen LogP contribution < -0.4 is 10.6 Å². The Hall–Kier alpha value is -1.63. The SMILES string of the molecule is COC(C)(C)CNC(=NCc1nnc(C)n1C)NC1CCCCC1. The molecule has 2 N–H and O–H groups in total. The highest BCUT2D eigenvalue weighted by atomic mass is 16.5. The Morgan fingerprint density at radius 3 is 2.58 bits per heavy atom. The lowest BCUT2D eigenvalue weighted by atomic mass is 9.96. The van der Waals surface area contributed by atoms with Crippen molar-refractivity contribution < 1.29 is 4.74 Å². The lowest BCUT2D eigenvalue weighted by Crippen LogP contribution is -2.48. The summed E-state index contributed by atoms with van der Waals surface area (Å²) in [5.41, 5.74) is -0.240. The number of methoxy groups -OCH3 is 1. The summed E-state index contributed by atoms with van der Waals surface area (Å²) < 4.78 is 7.46. The van der Waals surface area contributed by atoms with Crippen LogP contribution in [0, 0.1) is 6.92 Å². The smallest absolute Gasteiger partial charge is 0.192 e. The monoisotopic (exact) mass is 336 g/mol. The highest BCUT2D eigenvalue weighted by molar-refractivity contribution is 5.80. The van der Waals surface area contributed by atoms with E-state index in [1.54, 1.807) is 7.11 Å². The zero-order valence-corrected chi connectivity index (χ0v) is 15.7. The molecular weight excluding hydrogens is 304 g/mol. The number of nitrogens with one attached hydrogen (secondary N) is 2. The van der Waals surface area contributed by atoms with Crippen LogP contribution in [0.2, 0.25) is 0 Å². The molecule has 0 saturated heterocycles. The van der Waals surface area contributed by atoms with E-state index in [1.807, 2.05) is 18.5 Å². The van der Waals surface area contributed by atoms with Crippen LogP contribution >= 0.6 is 0 Å². The Morgan fingerprint density at radius 1 is 1.29 bits per heavy atom. The molecule has 1 fully saturated rings. The summed E-state index contributed by atoms with van der Waals surface area (Å²) in [6, 6.07) is 0.497. The molecule has 0 bridgehead atoms. The van der Waals surface area contributed by atoms with Crippen LogP contribution in [0.5, 0.6) is 0 Å². The average Bonchev–Trinajstić information content (AvgIpc) is 2.90. The van der Waals surface area contributed by atoms with Gasteiger partial charge in [-0.3, -0.25) is 0 Å². The van der Waals surface area contributed by atoms with Gasteiger partial charge in [0.25, 0.3) is 0 Å². The fourth-order valence-electron chi connectivity index (χ4n) is 2.70. The molecule has 1 aromatic rings. The van der Waals surface area contributed by atoms with Crippen molar-refractivity contribution >= 4 is 5.96 Å². The number of hydrogen-bond donors (Lipinski definition) is 2. The van der Waals surface area contributed by atoms with Gasteiger partial charge in [0.15, 0.2) is 11.8 Å². The number of hydrogen-bond acceptors (Lipinski definition) is 4. The van der Waals surface area contributed by atoms with Gasteiger partial charge in [0.1, 0.15) is 12.4 Å². The highest BCUT2D eigenvalue weighted by Crippen LogP contribution is 2.17. The van der Waals surface area contributed by atoms with Crippen molar-refractivity contribution in [2.24, 2.45) is 12.0 Å². The average molecular weight is 336 g/mol. The van der Waals surface area contributed by atoms with Crippen LogP contribution in [0.15, 0.2) is 4.99 Å². The molecule has 7 nitrogen and oxygen atoms in total. The van der Waals surface area contributed by atoms with Gasteiger partial charge in [-0.15, -0.1) is 10.2 Å². The molecule has 24 heavy (non-hydrogen) atoms. The van der Waals surface area contributed by atoms with E-state index in [1.165, 1.54) is 32.1 Å². The zero-order valence-electron chi connectivity index (χ0n) is 15.7. The molecule has 1 aliphatic rings. The number of rotatable bonds is 6. The van der Waals surface area contributed by atoms with Crippen molar-refractivity contribution in [3.05, 3.63) is 11.6 Å². The Kier molecular flexibility index (Phi) is 6.60. The van der Waals surface area contributed by atoms with Gasteiger partial charge in [-0.2, -0.15) is 0 Å². The molecule has 136 valence electrons. The highest BCUT2D eigenvalue weighted by Gasteiger charge is 2.19. The summed E-state index contributed by atoms with van der Waals surface area (Å²) in [6.07, 6.45) is 6.33. The van der Waals surface area contributed by atoms with E-state index in [4.69, 9.17) is 9.73 Å². The summed E-state index contributed by atoms with van der Waals surface area (Å²) in [6.45, 7) is 7.27. The first kappa shape index (κ1) is 18.7. The van der Waals surface area contributed by atoms with Crippen LogP contribution in [0.1, 0.15) is 57.6 Å². The van der Waals surface area contributed by atoms with E-state index in [-0.39, 0.29) is 5.60 Å². The van der Waals surface area contributed by atoms with Crippen molar-refractivity contribution in [1.82, 2.24) is 25.4 Å². The molecule has 1 saturated carbocycles. The number of ether oxygens (including phenoxy) is 1. The third-order valence-electron chi connectivity index (χ3n) is 4.74. The topological polar surface area (TPSA) is 76.4 Å². The minimum absolute atomic E-state index is 0.240. The van der Waals surface area contributed by atoms with E-state index in [2.05, 4.69) is 34.7 Å². The number of aryl methyl sites for hydroxylation is 1. The molecule has 0 radical (unpaired) electrons. The van der Waals surface area contributed by atoms with Crippen molar-refractivity contribution in [2.75, 3.05) is 13.7 Å². The van der Waals surface area contributed by atoms with Gasteiger partial charge in [0.2, 0.25) is 0 Å². The number of nitrogens with zero attached hydrogens (tertiary/aromatic N) is 4. The van der Waals surface area contributed by atoms with Crippen LogP contribution in [0.4, 0.5) is 0 Å². The third kappa shape index (κ3) is 5.47. The first-order chi connectivity index (χ1) is 11.4. The maximum absolute atomic E-state index is 5.49. The van der Waals surface area contributed by atoms with Crippen molar-refractivity contribution in [1.29, 1.82) is 0 Å². The molecule has 1 aromatic heterocycles. The molecule has 0 spiro atoms. The quantitative estimate of drug-likeness (QED) is 0.613. The Labute approximate surface area is 145 Å². The van der Waals surface area contributed by atoms with E-state index < -0.39 is 0 Å². The van der Waals surface area contributed by atoms with Crippen LogP contribution in [-0.4, -0.2) is 46.0 Å². The maximum Gasteiger partial charge on any atom is 0.192 e. The summed E-state index contributed by atoms with van der Waals surface area (Å²) in [7, 11) is 3.70. The lowest BCUT2D eigenvalue weighted by molar-refractivity contribution is 0.0267. The van der Waals surface area contributed by atoms with Gasteiger partial charge in [-0.1, -0.05) is 19.3 Å². The Balaban J connectivity index is 2.02. The second-order valence-electron chi connectivity index (χ2n) is 7.18. The van der Waals surface area contributed by atoms with Crippen LogP contribution in [0.25, 0.3) is 0 Å². The molecule has 0 amide bonds. The molecule has 0 atom stereocenters. The largest absolute Gasteiger partial charge is 0.377 e. The second-order valence-corrected chi connectivity index (χ2v) is 7.18. The third-order valence-corrected chi connectivity index (χ3v) is 4.74. The van der Waals surface area contributed by atoms with Gasteiger partial charge in [-0.05, 0) is 33.6 Å². The normalized spacial score (nSPS) is 17.1.